The monoisotopic (exact) mass is 1370 g/mol. The first-order chi connectivity index (χ1) is 52.4. The van der Waals surface area contributed by atoms with Gasteiger partial charge in [-0.25, -0.2) is 0 Å². The number of rotatable bonds is 13. The molecule has 5 aliphatic carbocycles. The molecule has 0 radical (unpaired) electrons. The number of anilines is 14. The van der Waals surface area contributed by atoms with Crippen LogP contribution in [-0.4, -0.2) is 31.6 Å². The van der Waals surface area contributed by atoms with Crippen LogP contribution in [0.1, 0.15) is 76.7 Å². The molecule has 0 aromatic heterocycles. The molecule has 8 heteroatoms. The summed E-state index contributed by atoms with van der Waals surface area (Å²) in [7, 11) is 0. The molecule has 6 bridgehead atoms. The first-order valence-corrected chi connectivity index (χ1v) is 39.4. The third-order valence-electron chi connectivity index (χ3n) is 26.4. The van der Waals surface area contributed by atoms with Gasteiger partial charge in [-0.3, -0.25) is 0 Å². The van der Waals surface area contributed by atoms with Crippen molar-refractivity contribution in [3.8, 4) is 33.4 Å². The third-order valence-corrected chi connectivity index (χ3v) is 26.4. The van der Waals surface area contributed by atoms with Gasteiger partial charge in [0, 0.05) is 109 Å². The highest BCUT2D eigenvalue weighted by Crippen LogP contribution is 2.61. The van der Waals surface area contributed by atoms with Crippen molar-refractivity contribution in [3.63, 3.8) is 0 Å². The van der Waals surface area contributed by atoms with Crippen LogP contribution in [0.3, 0.4) is 0 Å². The summed E-state index contributed by atoms with van der Waals surface area (Å²) >= 11 is 0. The highest BCUT2D eigenvalue weighted by atomic mass is 15.3. The van der Waals surface area contributed by atoms with Gasteiger partial charge in [0.15, 0.2) is 0 Å². The minimum atomic E-state index is -0.205. The van der Waals surface area contributed by atoms with Gasteiger partial charge < -0.3 is 29.8 Å². The maximum atomic E-state index is 4.98. The molecule has 12 aromatic carbocycles. The lowest BCUT2D eigenvalue weighted by Crippen LogP contribution is -2.65. The average Bonchev–Trinajstić information content (AvgIpc) is 1.46. The number of nitrogens with one attached hydrogen (secondary N) is 1. The predicted octanol–water partition coefficient (Wildman–Crippen LogP) is 21.0. The minimum Gasteiger partial charge on any atom is -0.382 e. The van der Waals surface area contributed by atoms with Crippen LogP contribution >= 0.6 is 0 Å². The molecule has 5 unspecified atom stereocenters. The quantitative estimate of drug-likeness (QED) is 0.0914. The number of para-hydroxylation sites is 6. The van der Waals surface area contributed by atoms with Gasteiger partial charge in [-0.1, -0.05) is 237 Å². The van der Waals surface area contributed by atoms with E-state index in [1.54, 1.807) is 0 Å². The second-order valence-corrected chi connectivity index (χ2v) is 32.4. The maximum Gasteiger partial charge on any atom is 0.252 e. The van der Waals surface area contributed by atoms with E-state index in [9.17, 15) is 0 Å². The van der Waals surface area contributed by atoms with E-state index in [-0.39, 0.29) is 13.4 Å². The van der Waals surface area contributed by atoms with Crippen LogP contribution in [-0.2, 0) is 0 Å². The fourth-order valence-electron chi connectivity index (χ4n) is 22.4. The lowest BCUT2D eigenvalue weighted by Gasteiger charge is -2.58. The number of hydrogen-bond acceptors (Lipinski definition) is 6. The Hall–Kier alpha value is -11.2. The van der Waals surface area contributed by atoms with Crippen molar-refractivity contribution in [1.29, 1.82) is 0 Å². The van der Waals surface area contributed by atoms with Gasteiger partial charge in [-0.15, -0.1) is 0 Å². The van der Waals surface area contributed by atoms with Gasteiger partial charge in [-0.2, -0.15) is 0 Å². The third kappa shape index (κ3) is 9.85. The van der Waals surface area contributed by atoms with Crippen molar-refractivity contribution < 1.29 is 0 Å². The highest BCUT2D eigenvalue weighted by Gasteiger charge is 2.54. The average molecular weight is 1370 g/mol. The standard InChI is InChI=1S/C98H84B2N6/c1-3-4-10-27-62(2)78-38-25-39-79(66-28-11-5-12-29-66)97(78)105-88-45-24-22-43-84(88)100-86-60-85-89(61-90(86)106(98-80(67-30-13-6-14-31-67)40-26-41-81(98)68-32-15-7-16-33-68)94-59-77(58-93(105)96(94)100)102-75-50-63-46-64(52-75)53-76(102)51-63)104(74-36-19-9-20-37-74)92-57-72(101-71-49-65-47-69(54-71)82-55-70(82)48-65)56-91-95(92)99(85)83-42-21-23-44-87(83)103(91)73-34-17-8-18-35-73/h3-45,56-61,63-65,69-71,75-76,82,101H,2,46-55H2,1H3/b4-3-,27-10-. The Bertz CT molecular complexity index is 5490. The number of fused-ring (bicyclic) bond motifs is 12. The number of nitrogens with zero attached hydrogens (tertiary/aromatic N) is 5. The van der Waals surface area contributed by atoms with Crippen LogP contribution < -0.4 is 62.6 Å². The van der Waals surface area contributed by atoms with Gasteiger partial charge in [0.2, 0.25) is 0 Å². The summed E-state index contributed by atoms with van der Waals surface area (Å²) in [5, 5.41) is 4.39. The summed E-state index contributed by atoms with van der Waals surface area (Å²) in [5.74, 6) is 5.05. The van der Waals surface area contributed by atoms with E-state index >= 15 is 0 Å². The minimum absolute atomic E-state index is 0.133. The molecule has 0 spiro atoms. The van der Waals surface area contributed by atoms with E-state index in [1.165, 1.54) is 187 Å². The van der Waals surface area contributed by atoms with Crippen molar-refractivity contribution in [2.75, 3.05) is 29.8 Å². The van der Waals surface area contributed by atoms with Crippen LogP contribution in [0.2, 0.25) is 0 Å². The van der Waals surface area contributed by atoms with E-state index < -0.39 is 0 Å². The predicted molar refractivity (Wildman–Crippen MR) is 448 cm³/mol. The first-order valence-electron chi connectivity index (χ1n) is 39.4. The molecular weight excluding hydrogens is 1280 g/mol. The normalized spacial score (nSPS) is 22.7. The Balaban J connectivity index is 0.867. The molecule has 512 valence electrons. The topological polar surface area (TPSA) is 28.2 Å². The Morgan fingerprint density at radius 2 is 0.821 bits per heavy atom. The summed E-state index contributed by atoms with van der Waals surface area (Å²) in [6, 6.07) is 107. The molecule has 6 heterocycles. The van der Waals surface area contributed by atoms with Crippen LogP contribution in [0, 0.1) is 35.5 Å². The zero-order valence-corrected chi connectivity index (χ0v) is 60.2. The molecule has 1 N–H and O–H groups in total. The van der Waals surface area contributed by atoms with Crippen LogP contribution in [0.15, 0.2) is 304 Å². The van der Waals surface area contributed by atoms with E-state index in [0.717, 1.165) is 69.3 Å². The highest BCUT2D eigenvalue weighted by molar-refractivity contribution is 7.03. The molecule has 0 amide bonds. The molecule has 2 saturated heterocycles. The summed E-state index contributed by atoms with van der Waals surface area (Å²) in [6.45, 7) is 6.73. The molecule has 23 rings (SSSR count). The van der Waals surface area contributed by atoms with Crippen LogP contribution in [0.4, 0.5) is 79.6 Å². The number of allylic oxidation sites excluding steroid dienone is 5. The first kappa shape index (κ1) is 62.2. The Morgan fingerprint density at radius 1 is 0.368 bits per heavy atom. The second kappa shape index (κ2) is 24.7. The molecular formula is C98H84B2N6. The van der Waals surface area contributed by atoms with Gasteiger partial charge in [-0.05, 0) is 228 Å². The molecule has 11 aliphatic rings. The zero-order chi connectivity index (χ0) is 69.8. The van der Waals surface area contributed by atoms with E-state index in [4.69, 9.17) is 6.58 Å². The molecule has 6 aliphatic heterocycles. The molecule has 6 nitrogen and oxygen atoms in total. The molecule has 5 atom stereocenters. The summed E-state index contributed by atoms with van der Waals surface area (Å²) in [5.41, 5.74) is 33.7. The van der Waals surface area contributed by atoms with Crippen molar-refractivity contribution >= 4 is 131 Å². The lowest BCUT2D eigenvalue weighted by molar-refractivity contribution is 0.0900. The molecule has 7 fully saturated rings. The fraction of sp³-hybridized carbons (Fsp3) is 0.204. The van der Waals surface area contributed by atoms with E-state index in [0.29, 0.717) is 18.1 Å². The van der Waals surface area contributed by atoms with Crippen molar-refractivity contribution in [1.82, 2.24) is 0 Å². The molecule has 5 saturated carbocycles. The second-order valence-electron chi connectivity index (χ2n) is 32.4. The smallest absolute Gasteiger partial charge is 0.252 e. The zero-order valence-electron chi connectivity index (χ0n) is 60.2. The summed E-state index contributed by atoms with van der Waals surface area (Å²) < 4.78 is 0. The van der Waals surface area contributed by atoms with Gasteiger partial charge >= 0.3 is 0 Å². The van der Waals surface area contributed by atoms with Crippen molar-refractivity contribution in [2.24, 2.45) is 35.5 Å². The molecule has 106 heavy (non-hydrogen) atoms. The van der Waals surface area contributed by atoms with Crippen LogP contribution in [0.5, 0.6) is 0 Å². The Kier molecular flexibility index (Phi) is 14.5. The number of piperidine rings is 2. The SMILES string of the molecule is C=C(/C=C\C=C/C)c1cccc(-c2ccccc2)c1N1c2ccccc2B2c3cc4c(cc3N(c3c(-c5ccccc5)cccc3-c3ccccc3)c3cc(N5C6CC7CC(C6)CC5C7)cc1c32)N(c1ccccc1)c1cc(NC2CC3CC(C2)C2CC2C3)cc2c1B4c1ccccc1N2c1ccccc1. The van der Waals surface area contributed by atoms with E-state index in [2.05, 4.69) is 334 Å². The maximum absolute atomic E-state index is 4.98. The number of hydrogen-bond donors (Lipinski definition) is 1. The largest absolute Gasteiger partial charge is 0.382 e. The van der Waals surface area contributed by atoms with E-state index in [1.807, 2.05) is 0 Å². The van der Waals surface area contributed by atoms with Gasteiger partial charge in [0.05, 0.1) is 11.4 Å². The number of benzene rings is 12. The van der Waals surface area contributed by atoms with Crippen LogP contribution in [0.25, 0.3) is 39.0 Å². The summed E-state index contributed by atoms with van der Waals surface area (Å²) in [4.78, 5) is 13.8. The van der Waals surface area contributed by atoms with Gasteiger partial charge in [0.1, 0.15) is 0 Å². The summed E-state index contributed by atoms with van der Waals surface area (Å²) in [6.07, 6.45) is 21.7. The molecule has 12 aromatic rings. The lowest BCUT2D eigenvalue weighted by atomic mass is 9.30. The van der Waals surface area contributed by atoms with Crippen molar-refractivity contribution in [2.45, 2.75) is 89.3 Å². The van der Waals surface area contributed by atoms with Gasteiger partial charge in [0.25, 0.3) is 13.4 Å². The fourth-order valence-corrected chi connectivity index (χ4v) is 22.4. The Labute approximate surface area is 624 Å². The Morgan fingerprint density at radius 3 is 1.38 bits per heavy atom. The van der Waals surface area contributed by atoms with Crippen molar-refractivity contribution in [3.05, 3.63) is 309 Å².